The molecule has 0 aliphatic heterocycles. The largest absolute Gasteiger partial charge is 0.483 e. The predicted octanol–water partition coefficient (Wildman–Crippen LogP) is 2.88. The second-order valence-electron chi connectivity index (χ2n) is 5.11. The SMILES string of the molecule is CCC1(CC)C(N)CC1Oc1ccccc1[N+](=O)[O-]. The molecule has 0 aromatic heterocycles. The van der Waals surface area contributed by atoms with E-state index in [1.165, 1.54) is 6.07 Å². The van der Waals surface area contributed by atoms with E-state index in [9.17, 15) is 10.1 Å². The monoisotopic (exact) mass is 264 g/mol. The van der Waals surface area contributed by atoms with Crippen LogP contribution in [0, 0.1) is 15.5 Å². The lowest BCUT2D eigenvalue weighted by atomic mass is 9.59. The average Bonchev–Trinajstić information content (AvgIpc) is 2.40. The Labute approximate surface area is 112 Å². The Kier molecular flexibility index (Phi) is 3.75. The lowest BCUT2D eigenvalue weighted by molar-refractivity contribution is -0.386. The van der Waals surface area contributed by atoms with Crippen LogP contribution >= 0.6 is 0 Å². The maximum absolute atomic E-state index is 11.0. The first-order valence-electron chi connectivity index (χ1n) is 6.70. The second-order valence-corrected chi connectivity index (χ2v) is 5.11. The van der Waals surface area contributed by atoms with Crippen molar-refractivity contribution in [1.82, 2.24) is 0 Å². The number of nitro groups is 1. The van der Waals surface area contributed by atoms with Gasteiger partial charge in [0.15, 0.2) is 5.75 Å². The Bertz CT molecular complexity index is 472. The predicted molar refractivity (Wildman–Crippen MR) is 73.1 cm³/mol. The fourth-order valence-electron chi connectivity index (χ4n) is 3.03. The molecular formula is C14H20N2O3. The van der Waals surface area contributed by atoms with Gasteiger partial charge in [-0.1, -0.05) is 26.0 Å². The van der Waals surface area contributed by atoms with Crippen molar-refractivity contribution in [2.45, 2.75) is 45.3 Å². The van der Waals surface area contributed by atoms with Crippen LogP contribution in [0.1, 0.15) is 33.1 Å². The third-order valence-corrected chi connectivity index (χ3v) is 4.50. The minimum atomic E-state index is -0.409. The number of ether oxygens (including phenoxy) is 1. The molecule has 5 nitrogen and oxygen atoms in total. The Balaban J connectivity index is 2.21. The lowest BCUT2D eigenvalue weighted by Gasteiger charge is -2.53. The van der Waals surface area contributed by atoms with Gasteiger partial charge in [0, 0.05) is 23.9 Å². The summed E-state index contributed by atoms with van der Waals surface area (Å²) in [6.45, 7) is 4.19. The quantitative estimate of drug-likeness (QED) is 0.655. The summed E-state index contributed by atoms with van der Waals surface area (Å²) >= 11 is 0. The van der Waals surface area contributed by atoms with Crippen LogP contribution in [0.2, 0.25) is 0 Å². The van der Waals surface area contributed by atoms with Gasteiger partial charge in [0.05, 0.1) is 4.92 Å². The van der Waals surface area contributed by atoms with E-state index >= 15 is 0 Å². The maximum Gasteiger partial charge on any atom is 0.310 e. The van der Waals surface area contributed by atoms with Crippen LogP contribution in [0.3, 0.4) is 0 Å². The van der Waals surface area contributed by atoms with Crippen LogP contribution < -0.4 is 10.5 Å². The zero-order valence-electron chi connectivity index (χ0n) is 11.3. The second kappa shape index (κ2) is 5.17. The molecule has 1 fully saturated rings. The van der Waals surface area contributed by atoms with Crippen molar-refractivity contribution >= 4 is 5.69 Å². The molecule has 0 bridgehead atoms. The van der Waals surface area contributed by atoms with E-state index in [1.54, 1.807) is 18.2 Å². The molecule has 1 saturated carbocycles. The van der Waals surface area contributed by atoms with Crippen LogP contribution in [0.5, 0.6) is 5.75 Å². The van der Waals surface area contributed by atoms with Crippen LogP contribution in [-0.4, -0.2) is 17.1 Å². The van der Waals surface area contributed by atoms with Crippen LogP contribution in [0.15, 0.2) is 24.3 Å². The molecule has 2 N–H and O–H groups in total. The van der Waals surface area contributed by atoms with E-state index in [0.29, 0.717) is 5.75 Å². The molecule has 2 atom stereocenters. The van der Waals surface area contributed by atoms with Crippen LogP contribution in [0.4, 0.5) is 5.69 Å². The molecule has 1 aromatic rings. The lowest BCUT2D eigenvalue weighted by Crippen LogP contribution is -2.62. The normalized spacial score (nSPS) is 24.6. The van der Waals surface area contributed by atoms with Crippen molar-refractivity contribution in [3.63, 3.8) is 0 Å². The summed E-state index contributed by atoms with van der Waals surface area (Å²) in [5.74, 6) is 0.343. The van der Waals surface area contributed by atoms with Gasteiger partial charge in [-0.3, -0.25) is 10.1 Å². The Morgan fingerprint density at radius 3 is 2.58 bits per heavy atom. The third kappa shape index (κ3) is 2.18. The Morgan fingerprint density at radius 2 is 2.05 bits per heavy atom. The number of nitro benzene ring substituents is 1. The number of hydrogen-bond donors (Lipinski definition) is 1. The van der Waals surface area contributed by atoms with Gasteiger partial charge in [-0.2, -0.15) is 0 Å². The zero-order chi connectivity index (χ0) is 14.0. The molecule has 0 saturated heterocycles. The molecule has 0 amide bonds. The van der Waals surface area contributed by atoms with E-state index in [4.69, 9.17) is 10.5 Å². The minimum absolute atomic E-state index is 0.0177. The summed E-state index contributed by atoms with van der Waals surface area (Å²) in [5.41, 5.74) is 6.07. The number of nitrogens with two attached hydrogens (primary N) is 1. The van der Waals surface area contributed by atoms with E-state index in [1.807, 2.05) is 0 Å². The molecule has 1 aromatic carbocycles. The summed E-state index contributed by atoms with van der Waals surface area (Å²) < 4.78 is 5.89. The summed E-state index contributed by atoms with van der Waals surface area (Å²) in [4.78, 5) is 10.6. The molecule has 1 aliphatic rings. The van der Waals surface area contributed by atoms with Gasteiger partial charge in [-0.15, -0.1) is 0 Å². The highest BCUT2D eigenvalue weighted by atomic mass is 16.6. The molecule has 104 valence electrons. The molecule has 0 spiro atoms. The van der Waals surface area contributed by atoms with Gasteiger partial charge in [0.2, 0.25) is 0 Å². The first kappa shape index (κ1) is 13.8. The average molecular weight is 264 g/mol. The highest BCUT2D eigenvalue weighted by Gasteiger charge is 2.52. The highest BCUT2D eigenvalue weighted by Crippen LogP contribution is 2.48. The molecule has 0 heterocycles. The number of nitrogens with zero attached hydrogens (tertiary/aromatic N) is 1. The molecule has 2 rings (SSSR count). The van der Waals surface area contributed by atoms with Crippen molar-refractivity contribution in [3.8, 4) is 5.75 Å². The van der Waals surface area contributed by atoms with Gasteiger partial charge >= 0.3 is 5.69 Å². The van der Waals surface area contributed by atoms with E-state index < -0.39 is 4.92 Å². The standard InChI is InChI=1S/C14H20N2O3/c1-3-14(4-2)12(15)9-13(14)19-11-8-6-5-7-10(11)16(17)18/h5-8,12-13H,3-4,9,15H2,1-2H3. The maximum atomic E-state index is 11.0. The zero-order valence-corrected chi connectivity index (χ0v) is 11.3. The highest BCUT2D eigenvalue weighted by molar-refractivity contribution is 5.46. The van der Waals surface area contributed by atoms with Gasteiger partial charge < -0.3 is 10.5 Å². The molecular weight excluding hydrogens is 244 g/mol. The molecule has 1 aliphatic carbocycles. The number of rotatable bonds is 5. The van der Waals surface area contributed by atoms with Crippen molar-refractivity contribution in [2.75, 3.05) is 0 Å². The summed E-state index contributed by atoms with van der Waals surface area (Å²) in [7, 11) is 0. The van der Waals surface area contributed by atoms with Crippen molar-refractivity contribution in [3.05, 3.63) is 34.4 Å². The van der Waals surface area contributed by atoms with Crippen LogP contribution in [-0.2, 0) is 0 Å². The molecule has 2 unspecified atom stereocenters. The Morgan fingerprint density at radius 1 is 1.42 bits per heavy atom. The van der Waals surface area contributed by atoms with Crippen molar-refractivity contribution in [2.24, 2.45) is 11.1 Å². The summed E-state index contributed by atoms with van der Waals surface area (Å²) in [5, 5.41) is 11.0. The Hall–Kier alpha value is -1.62. The fourth-order valence-corrected chi connectivity index (χ4v) is 3.03. The molecule has 19 heavy (non-hydrogen) atoms. The number of para-hydroxylation sites is 2. The minimum Gasteiger partial charge on any atom is -0.483 e. The van der Waals surface area contributed by atoms with Gasteiger partial charge in [-0.25, -0.2) is 0 Å². The first-order chi connectivity index (χ1) is 9.05. The van der Waals surface area contributed by atoms with E-state index in [0.717, 1.165) is 19.3 Å². The topological polar surface area (TPSA) is 78.4 Å². The summed E-state index contributed by atoms with van der Waals surface area (Å²) in [6.07, 6.45) is 2.58. The summed E-state index contributed by atoms with van der Waals surface area (Å²) in [6, 6.07) is 6.63. The third-order valence-electron chi connectivity index (χ3n) is 4.50. The van der Waals surface area contributed by atoms with Crippen molar-refractivity contribution in [1.29, 1.82) is 0 Å². The van der Waals surface area contributed by atoms with Crippen molar-refractivity contribution < 1.29 is 9.66 Å². The number of benzene rings is 1. The van der Waals surface area contributed by atoms with E-state index in [-0.39, 0.29) is 23.2 Å². The molecule has 5 heteroatoms. The smallest absolute Gasteiger partial charge is 0.310 e. The number of hydrogen-bond acceptors (Lipinski definition) is 4. The van der Waals surface area contributed by atoms with Gasteiger partial charge in [0.25, 0.3) is 0 Å². The van der Waals surface area contributed by atoms with Crippen LogP contribution in [0.25, 0.3) is 0 Å². The molecule has 0 radical (unpaired) electrons. The van der Waals surface area contributed by atoms with E-state index in [2.05, 4.69) is 13.8 Å². The first-order valence-corrected chi connectivity index (χ1v) is 6.70. The fraction of sp³-hybridized carbons (Fsp3) is 0.571. The van der Waals surface area contributed by atoms with Gasteiger partial charge in [0.1, 0.15) is 6.10 Å². The van der Waals surface area contributed by atoms with Gasteiger partial charge in [-0.05, 0) is 18.9 Å².